The summed E-state index contributed by atoms with van der Waals surface area (Å²) in [5.74, 6) is 1.90. The van der Waals surface area contributed by atoms with Crippen molar-refractivity contribution >= 4 is 21.9 Å². The van der Waals surface area contributed by atoms with Crippen molar-refractivity contribution in [3.05, 3.63) is 0 Å². The number of hydrogen-bond acceptors (Lipinski definition) is 2. The molecule has 0 aromatic carbocycles. The summed E-state index contributed by atoms with van der Waals surface area (Å²) in [6.07, 6.45) is 0.360. The van der Waals surface area contributed by atoms with Gasteiger partial charge in [-0.1, -0.05) is 5.92 Å². The maximum absolute atomic E-state index is 13.3. The summed E-state index contributed by atoms with van der Waals surface area (Å²) in [4.78, 5) is 12.8. The van der Waals surface area contributed by atoms with Gasteiger partial charge in [-0.15, -0.1) is 0 Å². The third-order valence-corrected chi connectivity index (χ3v) is 1.98. The number of rotatable bonds is 2. The highest BCUT2D eigenvalue weighted by Crippen LogP contribution is 2.47. The Morgan fingerprint density at radius 3 is 3.08 bits per heavy atom. The Labute approximate surface area is 78.6 Å². The Balaban J connectivity index is 2.33. The number of carbonyl (C=O) groups is 1. The molecular weight excluding hydrogens is 227 g/mol. The zero-order valence-electron chi connectivity index (χ0n) is 6.56. The average Bonchev–Trinajstić information content (AvgIpc) is 2.60. The number of carbonyl (C=O) groups excluding carboxylic acids is 1. The van der Waals surface area contributed by atoms with Gasteiger partial charge >= 0.3 is 5.97 Å². The second kappa shape index (κ2) is 3.44. The molecule has 1 aliphatic rings. The molecule has 0 bridgehead atoms. The standard InChI is InChI=1S/C8H8BrFO2/c1-6(11)12-5-8(10)4-7(8)2-3-9/h7H,4-5H2,1H3/t7-,8?/m0/s1. The van der Waals surface area contributed by atoms with Crippen LogP contribution < -0.4 is 0 Å². The summed E-state index contributed by atoms with van der Waals surface area (Å²) < 4.78 is 17.9. The maximum atomic E-state index is 13.3. The van der Waals surface area contributed by atoms with Crippen molar-refractivity contribution in [2.24, 2.45) is 5.92 Å². The molecule has 0 amide bonds. The molecule has 0 radical (unpaired) electrons. The number of alkyl halides is 1. The molecule has 0 aliphatic heterocycles. The maximum Gasteiger partial charge on any atom is 0.302 e. The van der Waals surface area contributed by atoms with Crippen LogP contribution in [0.3, 0.4) is 0 Å². The van der Waals surface area contributed by atoms with Gasteiger partial charge in [0, 0.05) is 29.3 Å². The first-order valence-electron chi connectivity index (χ1n) is 3.52. The second-order valence-electron chi connectivity index (χ2n) is 2.81. The Morgan fingerprint density at radius 1 is 1.92 bits per heavy atom. The van der Waals surface area contributed by atoms with Crippen LogP contribution in [0.4, 0.5) is 4.39 Å². The molecule has 12 heavy (non-hydrogen) atoms. The van der Waals surface area contributed by atoms with Crippen LogP contribution >= 0.6 is 15.9 Å². The number of ether oxygens (including phenoxy) is 1. The van der Waals surface area contributed by atoms with E-state index in [1.807, 2.05) is 0 Å². The molecule has 0 saturated heterocycles. The number of hydrogen-bond donors (Lipinski definition) is 0. The molecule has 0 spiro atoms. The Kier molecular flexibility index (Phi) is 2.73. The van der Waals surface area contributed by atoms with Crippen molar-refractivity contribution in [2.45, 2.75) is 19.0 Å². The fourth-order valence-corrected chi connectivity index (χ4v) is 1.18. The normalized spacial score (nSPS) is 31.8. The molecule has 2 nitrogen and oxygen atoms in total. The van der Waals surface area contributed by atoms with E-state index in [1.54, 1.807) is 0 Å². The fraction of sp³-hybridized carbons (Fsp3) is 0.625. The van der Waals surface area contributed by atoms with Gasteiger partial charge in [0.05, 0.1) is 5.92 Å². The lowest BCUT2D eigenvalue weighted by Crippen LogP contribution is -2.16. The molecule has 1 rings (SSSR count). The van der Waals surface area contributed by atoms with Crippen LogP contribution in [-0.2, 0) is 9.53 Å². The quantitative estimate of drug-likeness (QED) is 0.537. The van der Waals surface area contributed by atoms with E-state index in [4.69, 9.17) is 0 Å². The van der Waals surface area contributed by atoms with Crippen LogP contribution in [-0.4, -0.2) is 18.2 Å². The van der Waals surface area contributed by atoms with E-state index in [1.165, 1.54) is 6.92 Å². The second-order valence-corrected chi connectivity index (χ2v) is 3.21. The van der Waals surface area contributed by atoms with Crippen LogP contribution in [0.15, 0.2) is 0 Å². The van der Waals surface area contributed by atoms with Crippen LogP contribution in [0, 0.1) is 16.7 Å². The molecule has 0 N–H and O–H groups in total. The third-order valence-electron chi connectivity index (χ3n) is 1.75. The van der Waals surface area contributed by atoms with Crippen LogP contribution in [0.2, 0.25) is 0 Å². The predicted octanol–water partition coefficient (Wildman–Crippen LogP) is 1.63. The minimum Gasteiger partial charge on any atom is -0.462 e. The summed E-state index contributed by atoms with van der Waals surface area (Å²) in [6.45, 7) is 1.09. The molecule has 1 aliphatic carbocycles. The summed E-state index contributed by atoms with van der Waals surface area (Å²) in [5.41, 5.74) is -1.40. The molecule has 2 atom stereocenters. The first kappa shape index (κ1) is 9.53. The first-order valence-corrected chi connectivity index (χ1v) is 4.31. The smallest absolute Gasteiger partial charge is 0.302 e. The molecular formula is C8H8BrFO2. The average molecular weight is 235 g/mol. The van der Waals surface area contributed by atoms with Gasteiger partial charge in [0.15, 0.2) is 5.67 Å². The Hall–Kier alpha value is -0.560. The summed E-state index contributed by atoms with van der Waals surface area (Å²) in [7, 11) is 0. The fourth-order valence-electron chi connectivity index (χ4n) is 0.908. The zero-order valence-corrected chi connectivity index (χ0v) is 8.15. The van der Waals surface area contributed by atoms with Gasteiger partial charge in [0.1, 0.15) is 6.61 Å². The number of halogens is 2. The highest BCUT2D eigenvalue weighted by molar-refractivity contribution is 9.12. The van der Waals surface area contributed by atoms with Crippen molar-refractivity contribution in [1.82, 2.24) is 0 Å². The van der Waals surface area contributed by atoms with E-state index in [2.05, 4.69) is 31.4 Å². The van der Waals surface area contributed by atoms with E-state index in [-0.39, 0.29) is 12.5 Å². The Morgan fingerprint density at radius 2 is 2.58 bits per heavy atom. The van der Waals surface area contributed by atoms with E-state index in [0.29, 0.717) is 6.42 Å². The van der Waals surface area contributed by atoms with Crippen LogP contribution in [0.1, 0.15) is 13.3 Å². The zero-order chi connectivity index (χ0) is 9.19. The van der Waals surface area contributed by atoms with E-state index < -0.39 is 11.6 Å². The van der Waals surface area contributed by atoms with Crippen LogP contribution in [0.5, 0.6) is 0 Å². The molecule has 1 fully saturated rings. The van der Waals surface area contributed by atoms with E-state index in [9.17, 15) is 9.18 Å². The van der Waals surface area contributed by atoms with E-state index >= 15 is 0 Å². The lowest BCUT2D eigenvalue weighted by atomic mass is 10.3. The largest absolute Gasteiger partial charge is 0.462 e. The molecule has 0 aromatic rings. The molecule has 1 saturated carbocycles. The monoisotopic (exact) mass is 234 g/mol. The topological polar surface area (TPSA) is 26.3 Å². The SMILES string of the molecule is CC(=O)OCC1(F)C[C@@H]1C#CBr. The summed E-state index contributed by atoms with van der Waals surface area (Å²) in [5, 5.41) is 0. The molecule has 1 unspecified atom stereocenters. The molecule has 0 aromatic heterocycles. The van der Waals surface area contributed by atoms with Crippen molar-refractivity contribution in [3.63, 3.8) is 0 Å². The minimum atomic E-state index is -1.40. The highest BCUT2D eigenvalue weighted by Gasteiger charge is 2.55. The van der Waals surface area contributed by atoms with Gasteiger partial charge in [-0.05, 0) is 4.83 Å². The van der Waals surface area contributed by atoms with Crippen LogP contribution in [0.25, 0.3) is 0 Å². The molecule has 66 valence electrons. The molecule has 4 heteroatoms. The van der Waals surface area contributed by atoms with Crippen molar-refractivity contribution < 1.29 is 13.9 Å². The van der Waals surface area contributed by atoms with Gasteiger partial charge in [0.25, 0.3) is 0 Å². The van der Waals surface area contributed by atoms with Gasteiger partial charge < -0.3 is 4.74 Å². The lowest BCUT2D eigenvalue weighted by Gasteiger charge is -2.04. The summed E-state index contributed by atoms with van der Waals surface area (Å²) >= 11 is 2.89. The van der Waals surface area contributed by atoms with Crippen molar-refractivity contribution in [1.29, 1.82) is 0 Å². The lowest BCUT2D eigenvalue weighted by molar-refractivity contribution is -0.143. The number of esters is 1. The molecule has 0 heterocycles. The Bertz CT molecular complexity index is 256. The van der Waals surface area contributed by atoms with E-state index in [0.717, 1.165) is 0 Å². The summed E-state index contributed by atoms with van der Waals surface area (Å²) in [6, 6.07) is 0. The van der Waals surface area contributed by atoms with Gasteiger partial charge in [-0.25, -0.2) is 4.39 Å². The van der Waals surface area contributed by atoms with Gasteiger partial charge in [-0.3, -0.25) is 4.79 Å². The minimum absolute atomic E-state index is 0.172. The first-order chi connectivity index (χ1) is 5.58. The van der Waals surface area contributed by atoms with Gasteiger partial charge in [0.2, 0.25) is 0 Å². The third kappa shape index (κ3) is 2.21. The highest BCUT2D eigenvalue weighted by atomic mass is 79.9. The predicted molar refractivity (Wildman–Crippen MR) is 45.3 cm³/mol. The van der Waals surface area contributed by atoms with Gasteiger partial charge in [-0.2, -0.15) is 0 Å². The van der Waals surface area contributed by atoms with Crippen molar-refractivity contribution in [3.8, 4) is 10.8 Å². The van der Waals surface area contributed by atoms with Crippen molar-refractivity contribution in [2.75, 3.05) is 6.61 Å².